The van der Waals surface area contributed by atoms with E-state index in [1.807, 2.05) is 0 Å². The number of anilines is 1. The maximum absolute atomic E-state index is 13.1. The van der Waals surface area contributed by atoms with Gasteiger partial charge in [0, 0.05) is 23.1 Å². The summed E-state index contributed by atoms with van der Waals surface area (Å²) in [6.45, 7) is 0. The maximum Gasteiger partial charge on any atom is 0.275 e. The van der Waals surface area contributed by atoms with Gasteiger partial charge in [-0.25, -0.2) is 9.37 Å². The summed E-state index contributed by atoms with van der Waals surface area (Å²) in [7, 11) is 0. The second-order valence-corrected chi connectivity index (χ2v) is 4.64. The molecule has 0 saturated heterocycles. The average Bonchev–Trinajstić information content (AvgIpc) is 2.81. The summed E-state index contributed by atoms with van der Waals surface area (Å²) in [5, 5.41) is 3.21. The predicted molar refractivity (Wildman–Crippen MR) is 74.6 cm³/mol. The van der Waals surface area contributed by atoms with Gasteiger partial charge in [-0.05, 0) is 30.3 Å². The van der Waals surface area contributed by atoms with Crippen molar-refractivity contribution in [3.8, 4) is 0 Å². The molecule has 0 aliphatic rings. The largest absolute Gasteiger partial charge is 0.321 e. The zero-order chi connectivity index (χ0) is 14.1. The number of nitrogens with zero attached hydrogens (tertiary/aromatic N) is 2. The molecule has 0 radical (unpaired) electrons. The molecular formula is C14H9ClFN3O. The van der Waals surface area contributed by atoms with Crippen LogP contribution in [0.4, 0.5) is 10.1 Å². The number of hydrogen-bond donors (Lipinski definition) is 1. The molecule has 0 aliphatic carbocycles. The van der Waals surface area contributed by atoms with Gasteiger partial charge in [-0.2, -0.15) is 0 Å². The Kier molecular flexibility index (Phi) is 3.12. The number of hydrogen-bond acceptors (Lipinski definition) is 2. The number of rotatable bonds is 2. The Morgan fingerprint density at radius 3 is 2.90 bits per heavy atom. The van der Waals surface area contributed by atoms with Crippen LogP contribution in [0.3, 0.4) is 0 Å². The Balaban J connectivity index is 1.88. The lowest BCUT2D eigenvalue weighted by Crippen LogP contribution is -2.12. The van der Waals surface area contributed by atoms with Gasteiger partial charge in [-0.15, -0.1) is 0 Å². The minimum atomic E-state index is -0.392. The molecule has 0 saturated carbocycles. The van der Waals surface area contributed by atoms with Gasteiger partial charge in [0.1, 0.15) is 17.2 Å². The first-order valence-corrected chi connectivity index (χ1v) is 6.21. The molecule has 20 heavy (non-hydrogen) atoms. The topological polar surface area (TPSA) is 46.4 Å². The second kappa shape index (κ2) is 4.94. The van der Waals surface area contributed by atoms with E-state index < -0.39 is 5.82 Å². The normalized spacial score (nSPS) is 10.7. The summed E-state index contributed by atoms with van der Waals surface area (Å²) in [5.41, 5.74) is 1.28. The number of imidazole rings is 1. The van der Waals surface area contributed by atoms with Crippen LogP contribution in [0.1, 0.15) is 10.5 Å². The van der Waals surface area contributed by atoms with Crippen molar-refractivity contribution in [2.24, 2.45) is 0 Å². The van der Waals surface area contributed by atoms with Crippen LogP contribution < -0.4 is 5.32 Å². The third kappa shape index (κ3) is 2.48. The van der Waals surface area contributed by atoms with Crippen LogP contribution in [0.2, 0.25) is 5.02 Å². The SMILES string of the molecule is O=C(Nc1cccc(Cl)c1)c1cn2cc(F)ccc2n1. The smallest absolute Gasteiger partial charge is 0.275 e. The van der Waals surface area contributed by atoms with Gasteiger partial charge >= 0.3 is 0 Å². The number of carbonyl (C=O) groups excluding carboxylic acids is 1. The average molecular weight is 290 g/mol. The first-order valence-electron chi connectivity index (χ1n) is 5.83. The lowest BCUT2D eigenvalue weighted by Gasteiger charge is -2.02. The van der Waals surface area contributed by atoms with Gasteiger partial charge < -0.3 is 9.72 Å². The molecular weight excluding hydrogens is 281 g/mol. The van der Waals surface area contributed by atoms with Gasteiger partial charge in [0.25, 0.3) is 5.91 Å². The molecule has 0 bridgehead atoms. The Labute approximate surface area is 118 Å². The van der Waals surface area contributed by atoms with Crippen LogP contribution >= 0.6 is 11.6 Å². The van der Waals surface area contributed by atoms with E-state index in [2.05, 4.69) is 10.3 Å². The van der Waals surface area contributed by atoms with Crippen LogP contribution in [0.25, 0.3) is 5.65 Å². The molecule has 3 aromatic rings. The van der Waals surface area contributed by atoms with E-state index in [1.54, 1.807) is 24.3 Å². The van der Waals surface area contributed by atoms with Crippen LogP contribution in [0, 0.1) is 5.82 Å². The van der Waals surface area contributed by atoms with Crippen molar-refractivity contribution in [3.05, 3.63) is 65.3 Å². The van der Waals surface area contributed by atoms with Crippen molar-refractivity contribution in [1.29, 1.82) is 0 Å². The minimum absolute atomic E-state index is 0.204. The molecule has 1 aromatic carbocycles. The number of amides is 1. The Bertz CT molecular complexity index is 800. The van der Waals surface area contributed by atoms with Crippen LogP contribution in [-0.4, -0.2) is 15.3 Å². The Morgan fingerprint density at radius 2 is 2.10 bits per heavy atom. The van der Waals surface area contributed by atoms with E-state index in [0.717, 1.165) is 0 Å². The van der Waals surface area contributed by atoms with Crippen molar-refractivity contribution in [3.63, 3.8) is 0 Å². The van der Waals surface area contributed by atoms with Gasteiger partial charge in [0.05, 0.1) is 0 Å². The molecule has 2 aromatic heterocycles. The highest BCUT2D eigenvalue weighted by Gasteiger charge is 2.11. The standard InChI is InChI=1S/C14H9ClFN3O/c15-9-2-1-3-11(6-9)17-14(20)12-8-19-7-10(16)4-5-13(19)18-12/h1-8H,(H,17,20). The van der Waals surface area contributed by atoms with Gasteiger partial charge in [-0.1, -0.05) is 17.7 Å². The summed E-state index contributed by atoms with van der Waals surface area (Å²) in [6, 6.07) is 9.60. The molecule has 0 atom stereocenters. The number of fused-ring (bicyclic) bond motifs is 1. The van der Waals surface area contributed by atoms with Crippen LogP contribution in [0.15, 0.2) is 48.8 Å². The minimum Gasteiger partial charge on any atom is -0.321 e. The summed E-state index contributed by atoms with van der Waals surface area (Å²) in [5.74, 6) is -0.770. The van der Waals surface area contributed by atoms with E-state index in [1.165, 1.54) is 28.9 Å². The summed E-state index contributed by atoms with van der Waals surface area (Å²) in [4.78, 5) is 16.2. The van der Waals surface area contributed by atoms with E-state index in [-0.39, 0.29) is 11.6 Å². The number of aromatic nitrogens is 2. The van der Waals surface area contributed by atoms with Gasteiger partial charge in [-0.3, -0.25) is 4.79 Å². The number of pyridine rings is 1. The quantitative estimate of drug-likeness (QED) is 0.786. The molecule has 4 nitrogen and oxygen atoms in total. The number of nitrogens with one attached hydrogen (secondary N) is 1. The van der Waals surface area contributed by atoms with Gasteiger partial charge in [0.15, 0.2) is 0 Å². The highest BCUT2D eigenvalue weighted by molar-refractivity contribution is 6.30. The molecule has 0 aliphatic heterocycles. The molecule has 6 heteroatoms. The predicted octanol–water partition coefficient (Wildman–Crippen LogP) is 3.38. The van der Waals surface area contributed by atoms with Crippen molar-refractivity contribution in [2.75, 3.05) is 5.32 Å². The van der Waals surface area contributed by atoms with E-state index >= 15 is 0 Å². The van der Waals surface area contributed by atoms with Crippen molar-refractivity contribution < 1.29 is 9.18 Å². The molecule has 3 rings (SSSR count). The maximum atomic E-state index is 13.1. The first-order chi connectivity index (χ1) is 9.61. The molecule has 100 valence electrons. The van der Waals surface area contributed by atoms with Crippen molar-refractivity contribution in [1.82, 2.24) is 9.38 Å². The fourth-order valence-corrected chi connectivity index (χ4v) is 2.03. The highest BCUT2D eigenvalue weighted by Crippen LogP contribution is 2.16. The van der Waals surface area contributed by atoms with E-state index in [9.17, 15) is 9.18 Å². The van der Waals surface area contributed by atoms with Crippen molar-refractivity contribution in [2.45, 2.75) is 0 Å². The summed E-state index contributed by atoms with van der Waals surface area (Å²) < 4.78 is 14.5. The molecule has 0 unspecified atom stereocenters. The first kappa shape index (κ1) is 12.6. The molecule has 1 N–H and O–H groups in total. The van der Waals surface area contributed by atoms with Gasteiger partial charge in [0.2, 0.25) is 0 Å². The number of carbonyl (C=O) groups is 1. The van der Waals surface area contributed by atoms with E-state index in [0.29, 0.717) is 16.4 Å². The third-order valence-corrected chi connectivity index (χ3v) is 2.97. The summed E-state index contributed by atoms with van der Waals surface area (Å²) in [6.07, 6.45) is 2.73. The van der Waals surface area contributed by atoms with E-state index in [4.69, 9.17) is 11.6 Å². The lowest BCUT2D eigenvalue weighted by molar-refractivity contribution is 0.102. The highest BCUT2D eigenvalue weighted by atomic mass is 35.5. The monoisotopic (exact) mass is 289 g/mol. The zero-order valence-electron chi connectivity index (χ0n) is 10.2. The third-order valence-electron chi connectivity index (χ3n) is 2.73. The number of benzene rings is 1. The molecule has 1 amide bonds. The summed E-state index contributed by atoms with van der Waals surface area (Å²) >= 11 is 5.84. The van der Waals surface area contributed by atoms with Crippen LogP contribution in [0.5, 0.6) is 0 Å². The second-order valence-electron chi connectivity index (χ2n) is 4.20. The molecule has 2 heterocycles. The Hall–Kier alpha value is -2.40. The zero-order valence-corrected chi connectivity index (χ0v) is 10.9. The molecule has 0 fully saturated rings. The Morgan fingerprint density at radius 1 is 1.25 bits per heavy atom. The van der Waals surface area contributed by atoms with Crippen LogP contribution in [-0.2, 0) is 0 Å². The van der Waals surface area contributed by atoms with Crippen molar-refractivity contribution >= 4 is 28.8 Å². The lowest BCUT2D eigenvalue weighted by atomic mass is 10.3. The molecule has 0 spiro atoms. The fourth-order valence-electron chi connectivity index (χ4n) is 1.84. The number of halogens is 2. The fraction of sp³-hybridized carbons (Fsp3) is 0.